The van der Waals surface area contributed by atoms with Gasteiger partial charge in [0.25, 0.3) is 0 Å². The van der Waals surface area contributed by atoms with Crippen molar-refractivity contribution in [2.75, 3.05) is 30.9 Å². The molecule has 0 aromatic heterocycles. The van der Waals surface area contributed by atoms with Gasteiger partial charge >= 0.3 is 12.2 Å². The van der Waals surface area contributed by atoms with Gasteiger partial charge in [0, 0.05) is 26.3 Å². The summed E-state index contributed by atoms with van der Waals surface area (Å²) >= 11 is 0. The third-order valence-electron chi connectivity index (χ3n) is 4.35. The van der Waals surface area contributed by atoms with E-state index in [-0.39, 0.29) is 5.69 Å². The number of alkyl halides is 3. The van der Waals surface area contributed by atoms with Crippen molar-refractivity contribution in [1.29, 1.82) is 0 Å². The maximum absolute atomic E-state index is 13.2. The van der Waals surface area contributed by atoms with Crippen LogP contribution in [0.4, 0.5) is 29.3 Å². The molecule has 0 atom stereocenters. The van der Waals surface area contributed by atoms with Crippen LogP contribution >= 0.6 is 0 Å². The van der Waals surface area contributed by atoms with Crippen LogP contribution in [0.25, 0.3) is 0 Å². The van der Waals surface area contributed by atoms with Crippen LogP contribution in [0.3, 0.4) is 0 Å². The van der Waals surface area contributed by atoms with E-state index in [1.54, 1.807) is 25.1 Å². The first kappa shape index (κ1) is 18.4. The second kappa shape index (κ2) is 7.77. The van der Waals surface area contributed by atoms with E-state index < -0.39 is 17.8 Å². The molecular weight excluding hydrogens is 319 g/mol. The second-order valence-electron chi connectivity index (χ2n) is 6.46. The first-order chi connectivity index (χ1) is 11.3. The molecule has 1 fully saturated rings. The van der Waals surface area contributed by atoms with E-state index in [2.05, 4.69) is 10.6 Å². The molecule has 1 aromatic carbocycles. The van der Waals surface area contributed by atoms with Gasteiger partial charge in [0.1, 0.15) is 0 Å². The lowest BCUT2D eigenvalue weighted by Gasteiger charge is -2.22. The summed E-state index contributed by atoms with van der Waals surface area (Å²) in [5.74, 6) is 0.419. The van der Waals surface area contributed by atoms with E-state index in [1.807, 2.05) is 0 Å². The molecule has 1 aromatic rings. The number of nitrogens with one attached hydrogen (secondary N) is 2. The van der Waals surface area contributed by atoms with Crippen LogP contribution in [0.15, 0.2) is 18.2 Å². The lowest BCUT2D eigenvalue weighted by atomic mass is 9.89. The van der Waals surface area contributed by atoms with Crippen LogP contribution in [-0.2, 0) is 6.18 Å². The van der Waals surface area contributed by atoms with Crippen LogP contribution in [-0.4, -0.2) is 26.7 Å². The van der Waals surface area contributed by atoms with Gasteiger partial charge in [0.2, 0.25) is 0 Å². The van der Waals surface area contributed by atoms with Gasteiger partial charge < -0.3 is 15.5 Å². The molecule has 0 saturated heterocycles. The molecule has 2 amide bonds. The van der Waals surface area contributed by atoms with Crippen molar-refractivity contribution in [3.8, 4) is 0 Å². The number of carbonyl (C=O) groups excluding carboxylic acids is 1. The summed E-state index contributed by atoms with van der Waals surface area (Å²) in [6.45, 7) is 0.503. The number of amides is 2. The summed E-state index contributed by atoms with van der Waals surface area (Å²) in [7, 11) is 3.33. The van der Waals surface area contributed by atoms with Crippen LogP contribution in [0, 0.1) is 5.92 Å². The van der Waals surface area contributed by atoms with Gasteiger partial charge in [-0.3, -0.25) is 0 Å². The number of halogens is 3. The van der Waals surface area contributed by atoms with E-state index >= 15 is 0 Å². The lowest BCUT2D eigenvalue weighted by Crippen LogP contribution is -2.34. The Morgan fingerprint density at radius 1 is 1.21 bits per heavy atom. The third-order valence-corrected chi connectivity index (χ3v) is 4.35. The van der Waals surface area contributed by atoms with Crippen molar-refractivity contribution in [3.63, 3.8) is 0 Å². The molecule has 0 spiro atoms. The molecule has 1 aliphatic carbocycles. The smallest absolute Gasteiger partial charge is 0.378 e. The lowest BCUT2D eigenvalue weighted by molar-refractivity contribution is -0.136. The molecule has 7 heteroatoms. The van der Waals surface area contributed by atoms with Crippen molar-refractivity contribution in [3.05, 3.63) is 23.8 Å². The fourth-order valence-electron chi connectivity index (χ4n) is 2.95. The molecule has 0 radical (unpaired) electrons. The summed E-state index contributed by atoms with van der Waals surface area (Å²) in [5, 5.41) is 5.02. The van der Waals surface area contributed by atoms with Crippen molar-refractivity contribution < 1.29 is 18.0 Å². The minimum Gasteiger partial charge on any atom is -0.378 e. The zero-order chi connectivity index (χ0) is 17.7. The number of hydrogen-bond acceptors (Lipinski definition) is 2. The fraction of sp³-hybridized carbons (Fsp3) is 0.588. The van der Waals surface area contributed by atoms with Crippen LogP contribution < -0.4 is 15.5 Å². The molecule has 1 aliphatic rings. The maximum Gasteiger partial charge on any atom is 0.418 e. The summed E-state index contributed by atoms with van der Waals surface area (Å²) in [4.78, 5) is 13.5. The average molecular weight is 343 g/mol. The van der Waals surface area contributed by atoms with Gasteiger partial charge in [-0.2, -0.15) is 13.2 Å². The van der Waals surface area contributed by atoms with E-state index in [9.17, 15) is 18.0 Å². The Balaban J connectivity index is 2.03. The molecule has 134 valence electrons. The largest absolute Gasteiger partial charge is 0.418 e. The molecule has 0 aliphatic heterocycles. The molecule has 1 saturated carbocycles. The maximum atomic E-state index is 13.2. The standard InChI is InChI=1S/C17H24F3N3O/c1-23(2)13-8-9-15(14(10-13)17(18,19)20)22-16(24)21-11-12-6-4-3-5-7-12/h8-10,12H,3-7,11H2,1-2H3,(H2,21,22,24). The number of anilines is 2. The highest BCUT2D eigenvalue weighted by molar-refractivity contribution is 5.90. The Morgan fingerprint density at radius 3 is 2.46 bits per heavy atom. The van der Waals surface area contributed by atoms with E-state index in [0.717, 1.165) is 31.7 Å². The molecule has 0 heterocycles. The number of nitrogens with zero attached hydrogens (tertiary/aromatic N) is 1. The third kappa shape index (κ3) is 5.04. The molecule has 4 nitrogen and oxygen atoms in total. The predicted molar refractivity (Wildman–Crippen MR) is 89.4 cm³/mol. The fourth-order valence-corrected chi connectivity index (χ4v) is 2.95. The van der Waals surface area contributed by atoms with Gasteiger partial charge in [-0.25, -0.2) is 4.79 Å². The molecule has 0 bridgehead atoms. The van der Waals surface area contributed by atoms with Crippen LogP contribution in [0.2, 0.25) is 0 Å². The monoisotopic (exact) mass is 343 g/mol. The van der Waals surface area contributed by atoms with Crippen molar-refractivity contribution in [2.24, 2.45) is 5.92 Å². The average Bonchev–Trinajstić information content (AvgIpc) is 2.53. The number of rotatable bonds is 4. The Kier molecular flexibility index (Phi) is 5.96. The van der Waals surface area contributed by atoms with Crippen molar-refractivity contribution in [1.82, 2.24) is 5.32 Å². The molecule has 2 rings (SSSR count). The number of benzene rings is 1. The normalized spacial score (nSPS) is 15.9. The highest BCUT2D eigenvalue weighted by atomic mass is 19.4. The van der Waals surface area contributed by atoms with Gasteiger partial charge in [-0.1, -0.05) is 19.3 Å². The van der Waals surface area contributed by atoms with E-state index in [0.29, 0.717) is 18.2 Å². The zero-order valence-electron chi connectivity index (χ0n) is 14.0. The quantitative estimate of drug-likeness (QED) is 0.847. The minimum atomic E-state index is -4.53. The van der Waals surface area contributed by atoms with Crippen LogP contribution in [0.5, 0.6) is 0 Å². The summed E-state index contributed by atoms with van der Waals surface area (Å²) in [6.07, 6.45) is 1.11. The number of urea groups is 1. The molecule has 2 N–H and O–H groups in total. The van der Waals surface area contributed by atoms with E-state index in [4.69, 9.17) is 0 Å². The van der Waals surface area contributed by atoms with Crippen molar-refractivity contribution in [2.45, 2.75) is 38.3 Å². The van der Waals surface area contributed by atoms with Gasteiger partial charge in [-0.15, -0.1) is 0 Å². The van der Waals surface area contributed by atoms with E-state index in [1.165, 1.54) is 12.5 Å². The number of carbonyl (C=O) groups is 1. The minimum absolute atomic E-state index is 0.228. The summed E-state index contributed by atoms with van der Waals surface area (Å²) in [6, 6.07) is 3.28. The summed E-state index contributed by atoms with van der Waals surface area (Å²) in [5.41, 5.74) is -0.647. The Morgan fingerprint density at radius 2 is 1.88 bits per heavy atom. The first-order valence-corrected chi connectivity index (χ1v) is 8.21. The Bertz CT molecular complexity index is 567. The van der Waals surface area contributed by atoms with Gasteiger partial charge in [0.15, 0.2) is 0 Å². The number of hydrogen-bond donors (Lipinski definition) is 2. The summed E-state index contributed by atoms with van der Waals surface area (Å²) < 4.78 is 39.7. The zero-order valence-corrected chi connectivity index (χ0v) is 14.0. The molecule has 24 heavy (non-hydrogen) atoms. The Hall–Kier alpha value is -1.92. The van der Waals surface area contributed by atoms with Gasteiger partial charge in [-0.05, 0) is 37.0 Å². The predicted octanol–water partition coefficient (Wildman–Crippen LogP) is 4.47. The van der Waals surface area contributed by atoms with Gasteiger partial charge in [0.05, 0.1) is 11.3 Å². The highest BCUT2D eigenvalue weighted by Gasteiger charge is 2.34. The second-order valence-corrected chi connectivity index (χ2v) is 6.46. The molecule has 0 unspecified atom stereocenters. The SMILES string of the molecule is CN(C)c1ccc(NC(=O)NCC2CCCCC2)c(C(F)(F)F)c1. The highest BCUT2D eigenvalue weighted by Crippen LogP contribution is 2.37. The van der Waals surface area contributed by atoms with Crippen LogP contribution in [0.1, 0.15) is 37.7 Å². The molecular formula is C17H24F3N3O. The van der Waals surface area contributed by atoms with Crippen molar-refractivity contribution >= 4 is 17.4 Å². The topological polar surface area (TPSA) is 44.4 Å². The first-order valence-electron chi connectivity index (χ1n) is 8.21. The Labute approximate surface area is 140 Å².